The smallest absolute Gasteiger partial charge is 0.452 e. The van der Waals surface area contributed by atoms with Crippen LogP contribution >= 0.6 is 0 Å². The Labute approximate surface area is 214 Å². The van der Waals surface area contributed by atoms with Crippen molar-refractivity contribution in [3.05, 3.63) is 76.3 Å². The zero-order valence-corrected chi connectivity index (χ0v) is 20.2. The second kappa shape index (κ2) is 9.33. The third kappa shape index (κ3) is 4.58. The Kier molecular flexibility index (Phi) is 6.14. The van der Waals surface area contributed by atoms with Crippen LogP contribution in [0, 0.1) is 18.3 Å². The number of nitrogens with one attached hydrogen (secondary N) is 1. The number of hydrogen-bond donors (Lipinski definition) is 2. The van der Waals surface area contributed by atoms with Crippen LogP contribution < -0.4 is 10.2 Å². The first-order valence-corrected chi connectivity index (χ1v) is 11.6. The fourth-order valence-electron chi connectivity index (χ4n) is 4.51. The van der Waals surface area contributed by atoms with Gasteiger partial charge in [-0.1, -0.05) is 23.4 Å². The van der Waals surface area contributed by atoms with Gasteiger partial charge in [0.1, 0.15) is 6.07 Å². The van der Waals surface area contributed by atoms with Crippen molar-refractivity contribution in [2.24, 2.45) is 0 Å². The van der Waals surface area contributed by atoms with Crippen LogP contribution in [0.3, 0.4) is 0 Å². The van der Waals surface area contributed by atoms with Gasteiger partial charge in [0.05, 0.1) is 28.3 Å². The van der Waals surface area contributed by atoms with Crippen molar-refractivity contribution >= 4 is 28.5 Å². The first-order valence-electron chi connectivity index (χ1n) is 11.6. The van der Waals surface area contributed by atoms with E-state index in [2.05, 4.69) is 26.0 Å². The molecule has 0 bridgehead atoms. The van der Waals surface area contributed by atoms with E-state index >= 15 is 0 Å². The summed E-state index contributed by atoms with van der Waals surface area (Å²) in [6.07, 6.45) is -4.61. The molecule has 2 aromatic carbocycles. The zero-order chi connectivity index (χ0) is 27.2. The first-order chi connectivity index (χ1) is 18.0. The molecular weight excluding hydrogens is 501 g/mol. The molecule has 3 heterocycles. The minimum atomic E-state index is -4.61. The van der Waals surface area contributed by atoms with Gasteiger partial charge in [0.2, 0.25) is 5.76 Å². The predicted molar refractivity (Wildman–Crippen MR) is 131 cm³/mol. The molecule has 1 aliphatic rings. The van der Waals surface area contributed by atoms with E-state index in [-0.39, 0.29) is 28.9 Å². The molecule has 1 aliphatic heterocycles. The van der Waals surface area contributed by atoms with Crippen LogP contribution in [0.1, 0.15) is 57.5 Å². The van der Waals surface area contributed by atoms with Gasteiger partial charge in [-0.15, -0.1) is 0 Å². The van der Waals surface area contributed by atoms with Crippen LogP contribution in [0.25, 0.3) is 11.0 Å². The van der Waals surface area contributed by atoms with Crippen molar-refractivity contribution in [2.75, 3.05) is 23.3 Å². The third-order valence-corrected chi connectivity index (χ3v) is 6.43. The molecule has 4 aromatic rings. The SMILES string of the molecule is Cc1cc([C@@H](C)Nc2ccccc2C(=O)O)c2nc(N3CC(c4cc(C(F)(F)F)on4)C3)c(C#N)nc2c1. The van der Waals surface area contributed by atoms with E-state index in [0.29, 0.717) is 35.6 Å². The van der Waals surface area contributed by atoms with Crippen molar-refractivity contribution in [3.63, 3.8) is 0 Å². The van der Waals surface area contributed by atoms with Crippen LogP contribution in [-0.4, -0.2) is 39.3 Å². The number of hydrogen-bond acceptors (Lipinski definition) is 8. The maximum Gasteiger partial charge on any atom is 0.452 e. The normalized spacial score (nSPS) is 14.7. The fourth-order valence-corrected chi connectivity index (χ4v) is 4.51. The topological polar surface area (TPSA) is 128 Å². The molecule has 2 N–H and O–H groups in total. The van der Waals surface area contributed by atoms with Crippen molar-refractivity contribution in [2.45, 2.75) is 32.0 Å². The van der Waals surface area contributed by atoms with Gasteiger partial charge in [0.15, 0.2) is 11.5 Å². The first kappa shape index (κ1) is 25.0. The second-order valence-corrected chi connectivity index (χ2v) is 9.16. The molecular formula is C26H21F3N6O3. The number of carboxylic acid groups (broad SMARTS) is 1. The van der Waals surface area contributed by atoms with Crippen LogP contribution in [-0.2, 0) is 6.18 Å². The molecule has 0 spiro atoms. The number of fused-ring (bicyclic) bond motifs is 1. The molecule has 0 aliphatic carbocycles. The Morgan fingerprint density at radius 3 is 2.63 bits per heavy atom. The summed E-state index contributed by atoms with van der Waals surface area (Å²) in [5.74, 6) is -2.21. The predicted octanol–water partition coefficient (Wildman–Crippen LogP) is 5.29. The number of alkyl halides is 3. The van der Waals surface area contributed by atoms with E-state index in [1.807, 2.05) is 19.9 Å². The van der Waals surface area contributed by atoms with Gasteiger partial charge in [0, 0.05) is 36.3 Å². The Balaban J connectivity index is 1.47. The monoisotopic (exact) mass is 522 g/mol. The summed E-state index contributed by atoms with van der Waals surface area (Å²) in [5, 5.41) is 26.1. The van der Waals surface area contributed by atoms with Gasteiger partial charge in [-0.3, -0.25) is 0 Å². The van der Waals surface area contributed by atoms with E-state index in [1.54, 1.807) is 29.2 Å². The van der Waals surface area contributed by atoms with Gasteiger partial charge in [-0.2, -0.15) is 18.4 Å². The molecule has 1 atom stereocenters. The lowest BCUT2D eigenvalue weighted by atomic mass is 9.95. The van der Waals surface area contributed by atoms with E-state index < -0.39 is 17.9 Å². The number of para-hydroxylation sites is 1. The number of aryl methyl sites for hydroxylation is 1. The van der Waals surface area contributed by atoms with Crippen molar-refractivity contribution in [1.82, 2.24) is 15.1 Å². The van der Waals surface area contributed by atoms with Gasteiger partial charge < -0.3 is 19.8 Å². The molecule has 1 saturated heterocycles. The molecule has 2 aromatic heterocycles. The molecule has 0 radical (unpaired) electrons. The molecule has 5 rings (SSSR count). The molecule has 9 nitrogen and oxygen atoms in total. The fraction of sp³-hybridized carbons (Fsp3) is 0.269. The van der Waals surface area contributed by atoms with Gasteiger partial charge in [-0.05, 0) is 37.6 Å². The maximum atomic E-state index is 12.9. The Hall–Kier alpha value is -4.66. The maximum absolute atomic E-state index is 12.9. The highest BCUT2D eigenvalue weighted by Gasteiger charge is 2.39. The summed E-state index contributed by atoms with van der Waals surface area (Å²) in [5.41, 5.74) is 3.53. The summed E-state index contributed by atoms with van der Waals surface area (Å²) in [7, 11) is 0. The van der Waals surface area contributed by atoms with Crippen molar-refractivity contribution < 1.29 is 27.6 Å². The average molecular weight is 522 g/mol. The molecule has 1 fully saturated rings. The second-order valence-electron chi connectivity index (χ2n) is 9.16. The summed E-state index contributed by atoms with van der Waals surface area (Å²) in [6, 6.07) is 12.9. The van der Waals surface area contributed by atoms with Gasteiger partial charge >= 0.3 is 12.1 Å². The van der Waals surface area contributed by atoms with E-state index in [9.17, 15) is 28.3 Å². The molecule has 0 amide bonds. The van der Waals surface area contributed by atoms with Gasteiger partial charge in [0.25, 0.3) is 0 Å². The van der Waals surface area contributed by atoms with Crippen molar-refractivity contribution in [3.8, 4) is 6.07 Å². The van der Waals surface area contributed by atoms with Crippen LogP contribution in [0.2, 0.25) is 0 Å². The molecule has 0 saturated carbocycles. The van der Waals surface area contributed by atoms with E-state index in [1.165, 1.54) is 6.07 Å². The number of nitriles is 1. The number of aromatic nitrogens is 3. The number of nitrogens with zero attached hydrogens (tertiary/aromatic N) is 5. The largest absolute Gasteiger partial charge is 0.478 e. The Morgan fingerprint density at radius 2 is 1.97 bits per heavy atom. The third-order valence-electron chi connectivity index (χ3n) is 6.43. The highest BCUT2D eigenvalue weighted by atomic mass is 19.4. The Bertz CT molecular complexity index is 1590. The Morgan fingerprint density at radius 1 is 1.24 bits per heavy atom. The van der Waals surface area contributed by atoms with Gasteiger partial charge in [-0.25, -0.2) is 14.8 Å². The molecule has 12 heteroatoms. The lowest BCUT2D eigenvalue weighted by Gasteiger charge is -2.39. The number of carbonyl (C=O) groups is 1. The highest BCUT2D eigenvalue weighted by molar-refractivity contribution is 5.94. The minimum absolute atomic E-state index is 0.0977. The number of halogens is 3. The number of aromatic carboxylic acids is 1. The van der Waals surface area contributed by atoms with E-state index in [4.69, 9.17) is 4.98 Å². The number of benzene rings is 2. The number of rotatable bonds is 6. The number of carboxylic acids is 1. The molecule has 0 unspecified atom stereocenters. The van der Waals surface area contributed by atoms with E-state index in [0.717, 1.165) is 17.2 Å². The summed E-state index contributed by atoms with van der Waals surface area (Å²) < 4.78 is 43.1. The molecule has 38 heavy (non-hydrogen) atoms. The number of anilines is 2. The standard InChI is InChI=1S/C26H21F3N6O3/c1-13-7-17(14(2)31-18-6-4-3-5-16(18)25(36)37)23-20(8-13)32-21(10-30)24(33-23)35-11-15(12-35)19-9-22(38-34-19)26(27,28)29/h3-9,14-15,31H,11-12H2,1-2H3,(H,36,37)/t14-/m1/s1. The van der Waals surface area contributed by atoms with Crippen LogP contribution in [0.5, 0.6) is 0 Å². The quantitative estimate of drug-likeness (QED) is 0.347. The van der Waals surface area contributed by atoms with Crippen LogP contribution in [0.4, 0.5) is 24.7 Å². The van der Waals surface area contributed by atoms with Crippen LogP contribution in [0.15, 0.2) is 47.0 Å². The summed E-state index contributed by atoms with van der Waals surface area (Å²) >= 11 is 0. The minimum Gasteiger partial charge on any atom is -0.478 e. The van der Waals surface area contributed by atoms with Crippen molar-refractivity contribution in [1.29, 1.82) is 5.26 Å². The zero-order valence-electron chi connectivity index (χ0n) is 20.2. The average Bonchev–Trinajstić information content (AvgIpc) is 3.33. The molecule has 194 valence electrons. The summed E-state index contributed by atoms with van der Waals surface area (Å²) in [6.45, 7) is 4.34. The highest BCUT2D eigenvalue weighted by Crippen LogP contribution is 2.37. The lowest BCUT2D eigenvalue weighted by Crippen LogP contribution is -2.46. The lowest BCUT2D eigenvalue weighted by molar-refractivity contribution is -0.155. The summed E-state index contributed by atoms with van der Waals surface area (Å²) in [4.78, 5) is 22.7.